The van der Waals surface area contributed by atoms with Gasteiger partial charge in [0.2, 0.25) is 16.5 Å². The Morgan fingerprint density at radius 3 is 2.16 bits per heavy atom. The summed E-state index contributed by atoms with van der Waals surface area (Å²) >= 11 is 11.5. The number of rotatable bonds is 5. The summed E-state index contributed by atoms with van der Waals surface area (Å²) in [6, 6.07) is 16.5. The fourth-order valence-electron chi connectivity index (χ4n) is 2.06. The molecular formula is C18H12Cl2N4O. The Morgan fingerprint density at radius 2 is 1.52 bits per heavy atom. The van der Waals surface area contributed by atoms with Gasteiger partial charge in [0.25, 0.3) is 0 Å². The van der Waals surface area contributed by atoms with Gasteiger partial charge < -0.3 is 5.32 Å². The number of carbonyl (C=O) groups excluding carboxylic acids is 1. The molecule has 3 rings (SSSR count). The predicted molar refractivity (Wildman–Crippen MR) is 99.4 cm³/mol. The van der Waals surface area contributed by atoms with Crippen LogP contribution in [-0.2, 0) is 0 Å². The molecule has 0 atom stereocenters. The van der Waals surface area contributed by atoms with Crippen LogP contribution in [0.1, 0.15) is 15.9 Å². The Balaban J connectivity index is 1.68. The van der Waals surface area contributed by atoms with Crippen LogP contribution in [0.15, 0.2) is 60.7 Å². The maximum absolute atomic E-state index is 12.0. The summed E-state index contributed by atoms with van der Waals surface area (Å²) in [6.07, 6.45) is 3.30. The van der Waals surface area contributed by atoms with Gasteiger partial charge in [-0.15, -0.1) is 0 Å². The van der Waals surface area contributed by atoms with Crippen molar-refractivity contribution in [2.75, 3.05) is 5.32 Å². The summed E-state index contributed by atoms with van der Waals surface area (Å²) in [5.41, 5.74) is 2.30. The van der Waals surface area contributed by atoms with E-state index in [2.05, 4.69) is 20.3 Å². The zero-order valence-corrected chi connectivity index (χ0v) is 14.4. The van der Waals surface area contributed by atoms with Crippen LogP contribution in [0.3, 0.4) is 0 Å². The summed E-state index contributed by atoms with van der Waals surface area (Å²) < 4.78 is 0. The minimum atomic E-state index is -0.0442. The highest BCUT2D eigenvalue weighted by Gasteiger charge is 2.04. The molecular weight excluding hydrogens is 359 g/mol. The first kappa shape index (κ1) is 17.1. The average molecular weight is 371 g/mol. The van der Waals surface area contributed by atoms with Gasteiger partial charge in [-0.25, -0.2) is 0 Å². The smallest absolute Gasteiger partial charge is 0.232 e. The maximum atomic E-state index is 12.0. The molecule has 124 valence electrons. The quantitative estimate of drug-likeness (QED) is 0.515. The van der Waals surface area contributed by atoms with E-state index in [4.69, 9.17) is 23.2 Å². The van der Waals surface area contributed by atoms with Gasteiger partial charge in [-0.05, 0) is 47.0 Å². The SMILES string of the molecule is O=C(/C=C/c1ccc(Nc2nc(Cl)nc(Cl)n2)cc1)c1ccccc1. The van der Waals surface area contributed by atoms with Gasteiger partial charge in [0, 0.05) is 11.3 Å². The number of nitrogens with one attached hydrogen (secondary N) is 1. The lowest BCUT2D eigenvalue weighted by Gasteiger charge is -2.05. The number of hydrogen-bond donors (Lipinski definition) is 1. The number of hydrogen-bond acceptors (Lipinski definition) is 5. The van der Waals surface area contributed by atoms with Crippen molar-refractivity contribution < 1.29 is 4.79 Å². The highest BCUT2D eigenvalue weighted by Crippen LogP contribution is 2.17. The van der Waals surface area contributed by atoms with E-state index in [9.17, 15) is 4.79 Å². The molecule has 0 fully saturated rings. The lowest BCUT2D eigenvalue weighted by Crippen LogP contribution is -1.99. The maximum Gasteiger partial charge on any atom is 0.232 e. The molecule has 0 spiro atoms. The van der Waals surface area contributed by atoms with Crippen molar-refractivity contribution in [2.45, 2.75) is 0 Å². The number of carbonyl (C=O) groups is 1. The number of anilines is 2. The van der Waals surface area contributed by atoms with Crippen LogP contribution < -0.4 is 5.32 Å². The molecule has 0 aliphatic carbocycles. The zero-order chi connectivity index (χ0) is 17.6. The van der Waals surface area contributed by atoms with Crippen LogP contribution >= 0.6 is 23.2 Å². The van der Waals surface area contributed by atoms with E-state index in [1.807, 2.05) is 42.5 Å². The molecule has 0 unspecified atom stereocenters. The molecule has 2 aromatic carbocycles. The second-order valence-electron chi connectivity index (χ2n) is 5.01. The molecule has 1 N–H and O–H groups in total. The molecule has 1 heterocycles. The number of benzene rings is 2. The molecule has 0 aliphatic rings. The summed E-state index contributed by atoms with van der Waals surface area (Å²) in [5.74, 6) is 0.213. The minimum absolute atomic E-state index is 0.0153. The normalized spacial score (nSPS) is 10.8. The van der Waals surface area contributed by atoms with Crippen LogP contribution in [0.4, 0.5) is 11.6 Å². The largest absolute Gasteiger partial charge is 0.324 e. The van der Waals surface area contributed by atoms with E-state index in [1.54, 1.807) is 24.3 Å². The number of halogens is 2. The van der Waals surface area contributed by atoms with E-state index in [1.165, 1.54) is 0 Å². The van der Waals surface area contributed by atoms with Crippen molar-refractivity contribution in [2.24, 2.45) is 0 Å². The fraction of sp³-hybridized carbons (Fsp3) is 0. The van der Waals surface area contributed by atoms with E-state index < -0.39 is 0 Å². The highest BCUT2D eigenvalue weighted by molar-refractivity contribution is 6.31. The first-order chi connectivity index (χ1) is 12.1. The monoisotopic (exact) mass is 370 g/mol. The molecule has 25 heavy (non-hydrogen) atoms. The van der Waals surface area contributed by atoms with Gasteiger partial charge in [-0.2, -0.15) is 15.0 Å². The molecule has 1 aromatic heterocycles. The van der Waals surface area contributed by atoms with Crippen LogP contribution in [0.2, 0.25) is 10.6 Å². The van der Waals surface area contributed by atoms with E-state index in [-0.39, 0.29) is 22.3 Å². The van der Waals surface area contributed by atoms with Gasteiger partial charge in [0.05, 0.1) is 0 Å². The Labute approximate surface area is 154 Å². The Kier molecular flexibility index (Phi) is 5.38. The van der Waals surface area contributed by atoms with Gasteiger partial charge in [-0.1, -0.05) is 48.5 Å². The molecule has 0 aliphatic heterocycles. The fourth-order valence-corrected chi connectivity index (χ4v) is 2.42. The molecule has 0 amide bonds. The second-order valence-corrected chi connectivity index (χ2v) is 5.68. The molecule has 0 radical (unpaired) electrons. The lowest BCUT2D eigenvalue weighted by molar-refractivity contribution is 0.104. The Morgan fingerprint density at radius 1 is 0.880 bits per heavy atom. The minimum Gasteiger partial charge on any atom is -0.324 e. The number of nitrogens with zero attached hydrogens (tertiary/aromatic N) is 3. The summed E-state index contributed by atoms with van der Waals surface area (Å²) in [4.78, 5) is 23.6. The second kappa shape index (κ2) is 7.88. The van der Waals surface area contributed by atoms with Crippen LogP contribution in [0, 0.1) is 0 Å². The number of allylic oxidation sites excluding steroid dienone is 1. The number of aromatic nitrogens is 3. The van der Waals surface area contributed by atoms with Crippen LogP contribution in [0.5, 0.6) is 0 Å². The third-order valence-electron chi connectivity index (χ3n) is 3.23. The van der Waals surface area contributed by atoms with Crippen molar-refractivity contribution in [3.63, 3.8) is 0 Å². The first-order valence-corrected chi connectivity index (χ1v) is 8.07. The first-order valence-electron chi connectivity index (χ1n) is 7.32. The van der Waals surface area contributed by atoms with E-state index >= 15 is 0 Å². The third kappa shape index (κ3) is 4.86. The van der Waals surface area contributed by atoms with Crippen LogP contribution in [0.25, 0.3) is 6.08 Å². The molecule has 0 saturated heterocycles. The summed E-state index contributed by atoms with van der Waals surface area (Å²) in [7, 11) is 0. The van der Waals surface area contributed by atoms with Crippen molar-refractivity contribution in [1.82, 2.24) is 15.0 Å². The number of ketones is 1. The van der Waals surface area contributed by atoms with Crippen molar-refractivity contribution >= 4 is 46.7 Å². The highest BCUT2D eigenvalue weighted by atomic mass is 35.5. The molecule has 7 heteroatoms. The standard InChI is InChI=1S/C18H12Cl2N4O/c19-16-22-17(20)24-18(23-16)21-14-9-6-12(7-10-14)8-11-15(25)13-4-2-1-3-5-13/h1-11H,(H,21,22,23,24)/b11-8+. The zero-order valence-electron chi connectivity index (χ0n) is 12.9. The molecule has 3 aromatic rings. The van der Waals surface area contributed by atoms with E-state index in [0.717, 1.165) is 11.3 Å². The molecule has 0 bridgehead atoms. The lowest BCUT2D eigenvalue weighted by atomic mass is 10.1. The third-order valence-corrected chi connectivity index (χ3v) is 3.57. The molecule has 5 nitrogen and oxygen atoms in total. The van der Waals surface area contributed by atoms with Crippen LogP contribution in [-0.4, -0.2) is 20.7 Å². The van der Waals surface area contributed by atoms with Gasteiger partial charge in [-0.3, -0.25) is 4.79 Å². The summed E-state index contributed by atoms with van der Waals surface area (Å²) in [5, 5.41) is 3.01. The van der Waals surface area contributed by atoms with Gasteiger partial charge in [0.1, 0.15) is 0 Å². The average Bonchev–Trinajstić information content (AvgIpc) is 2.61. The molecule has 0 saturated carbocycles. The van der Waals surface area contributed by atoms with E-state index in [0.29, 0.717) is 5.56 Å². The van der Waals surface area contributed by atoms with Crippen molar-refractivity contribution in [3.05, 3.63) is 82.4 Å². The van der Waals surface area contributed by atoms with Gasteiger partial charge >= 0.3 is 0 Å². The predicted octanol–water partition coefficient (Wildman–Crippen LogP) is 4.82. The topological polar surface area (TPSA) is 67.8 Å². The van der Waals surface area contributed by atoms with Crippen molar-refractivity contribution in [3.8, 4) is 0 Å². The van der Waals surface area contributed by atoms with Gasteiger partial charge in [0.15, 0.2) is 5.78 Å². The Hall–Kier alpha value is -2.76. The summed E-state index contributed by atoms with van der Waals surface area (Å²) in [6.45, 7) is 0. The van der Waals surface area contributed by atoms with Crippen molar-refractivity contribution in [1.29, 1.82) is 0 Å². The Bertz CT molecular complexity index is 892.